The van der Waals surface area contributed by atoms with E-state index in [4.69, 9.17) is 8.85 Å². The normalized spacial score (nSPS) is 25.9. The number of nitrogens with zero attached hydrogens (tertiary/aromatic N) is 1. The standard InChI is InChI=1S/C21H41NO2Si2/c1-16-13-21(8,24-26(11,12)20(5,6)7)14-18(17(16)15-22)23-25(9,10)19(2,3)4/h16H,13-14H2,1-12H3/t16-,21+/m0/s1. The summed E-state index contributed by atoms with van der Waals surface area (Å²) in [4.78, 5) is 0. The lowest BCUT2D eigenvalue weighted by atomic mass is 9.79. The summed E-state index contributed by atoms with van der Waals surface area (Å²) >= 11 is 0. The minimum absolute atomic E-state index is 0.109. The fourth-order valence-corrected chi connectivity index (χ4v) is 5.90. The first-order valence-corrected chi connectivity index (χ1v) is 15.7. The molecular formula is C21H41NO2Si2. The Bertz CT molecular complexity index is 603. The van der Waals surface area contributed by atoms with Crippen molar-refractivity contribution in [3.05, 3.63) is 11.3 Å². The summed E-state index contributed by atoms with van der Waals surface area (Å²) in [5, 5.41) is 10.0. The number of nitriles is 1. The molecule has 0 bridgehead atoms. The molecule has 3 nitrogen and oxygen atoms in total. The first kappa shape index (κ1) is 23.5. The van der Waals surface area contributed by atoms with E-state index in [1.165, 1.54) is 0 Å². The fraction of sp³-hybridized carbons (Fsp3) is 0.857. The molecule has 0 aromatic rings. The number of hydrogen-bond acceptors (Lipinski definition) is 3. The molecule has 0 spiro atoms. The second-order valence-corrected chi connectivity index (χ2v) is 20.9. The van der Waals surface area contributed by atoms with E-state index in [1.54, 1.807) is 0 Å². The predicted octanol–water partition coefficient (Wildman–Crippen LogP) is 7.00. The summed E-state index contributed by atoms with van der Waals surface area (Å²) in [5.74, 6) is 1.06. The van der Waals surface area contributed by atoms with Gasteiger partial charge in [0.2, 0.25) is 8.32 Å². The molecule has 0 aromatic heterocycles. The largest absolute Gasteiger partial charge is 0.546 e. The monoisotopic (exact) mass is 395 g/mol. The number of hydrogen-bond donors (Lipinski definition) is 0. The van der Waals surface area contributed by atoms with E-state index in [-0.39, 0.29) is 21.6 Å². The maximum absolute atomic E-state index is 9.76. The second-order valence-electron chi connectivity index (χ2n) is 11.4. The van der Waals surface area contributed by atoms with Crippen molar-refractivity contribution in [3.8, 4) is 6.07 Å². The zero-order valence-corrected chi connectivity index (χ0v) is 21.3. The van der Waals surface area contributed by atoms with Crippen LogP contribution in [-0.2, 0) is 8.85 Å². The lowest BCUT2D eigenvalue weighted by molar-refractivity contribution is 0.0339. The van der Waals surface area contributed by atoms with Crippen LogP contribution in [0.1, 0.15) is 68.2 Å². The average Bonchev–Trinajstić information content (AvgIpc) is 2.33. The molecule has 0 radical (unpaired) electrons. The summed E-state index contributed by atoms with van der Waals surface area (Å²) in [6, 6.07) is 2.44. The van der Waals surface area contributed by atoms with Crippen molar-refractivity contribution >= 4 is 16.6 Å². The van der Waals surface area contributed by atoms with Gasteiger partial charge in [0.15, 0.2) is 8.32 Å². The van der Waals surface area contributed by atoms with Gasteiger partial charge in [-0.3, -0.25) is 0 Å². The Labute approximate surface area is 164 Å². The topological polar surface area (TPSA) is 42.2 Å². The van der Waals surface area contributed by atoms with E-state index in [2.05, 4.69) is 87.6 Å². The summed E-state index contributed by atoms with van der Waals surface area (Å²) in [6.45, 7) is 27.0. The van der Waals surface area contributed by atoms with Crippen molar-refractivity contribution in [2.75, 3.05) is 0 Å². The molecule has 1 aliphatic rings. The van der Waals surface area contributed by atoms with Gasteiger partial charge >= 0.3 is 0 Å². The minimum Gasteiger partial charge on any atom is -0.546 e. The lowest BCUT2D eigenvalue weighted by Gasteiger charge is -2.48. The number of allylic oxidation sites excluding steroid dienone is 1. The summed E-state index contributed by atoms with van der Waals surface area (Å²) in [7, 11) is -3.89. The zero-order valence-electron chi connectivity index (χ0n) is 19.3. The molecule has 150 valence electrons. The van der Waals surface area contributed by atoms with Gasteiger partial charge in [-0.05, 0) is 55.5 Å². The van der Waals surface area contributed by atoms with E-state index >= 15 is 0 Å². The Hall–Kier alpha value is -0.576. The summed E-state index contributed by atoms with van der Waals surface area (Å²) in [6.07, 6.45) is 1.59. The molecule has 2 atom stereocenters. The van der Waals surface area contributed by atoms with Gasteiger partial charge in [0.1, 0.15) is 0 Å². The molecule has 0 fully saturated rings. The number of rotatable bonds is 4. The Kier molecular flexibility index (Phi) is 6.41. The Morgan fingerprint density at radius 1 is 1.00 bits per heavy atom. The first-order chi connectivity index (χ1) is 11.4. The molecular weight excluding hydrogens is 354 g/mol. The average molecular weight is 396 g/mol. The van der Waals surface area contributed by atoms with E-state index in [9.17, 15) is 5.26 Å². The van der Waals surface area contributed by atoms with Crippen LogP contribution in [0.25, 0.3) is 0 Å². The highest BCUT2D eigenvalue weighted by Crippen LogP contribution is 2.47. The molecule has 0 N–H and O–H groups in total. The van der Waals surface area contributed by atoms with Gasteiger partial charge in [0.25, 0.3) is 0 Å². The fourth-order valence-electron chi connectivity index (χ4n) is 3.10. The third kappa shape index (κ3) is 5.02. The molecule has 0 unspecified atom stereocenters. The van der Waals surface area contributed by atoms with Gasteiger partial charge in [0, 0.05) is 6.42 Å². The van der Waals surface area contributed by atoms with Gasteiger partial charge in [0.05, 0.1) is 23.0 Å². The quantitative estimate of drug-likeness (QED) is 0.481. The van der Waals surface area contributed by atoms with Crippen molar-refractivity contribution in [1.29, 1.82) is 5.26 Å². The van der Waals surface area contributed by atoms with Crippen LogP contribution < -0.4 is 0 Å². The van der Waals surface area contributed by atoms with Crippen molar-refractivity contribution < 1.29 is 8.85 Å². The molecule has 0 aliphatic heterocycles. The highest BCUT2D eigenvalue weighted by molar-refractivity contribution is 6.74. The summed E-state index contributed by atoms with van der Waals surface area (Å²) < 4.78 is 13.5. The maximum Gasteiger partial charge on any atom is 0.250 e. The van der Waals surface area contributed by atoms with Crippen LogP contribution in [0.4, 0.5) is 0 Å². The van der Waals surface area contributed by atoms with Gasteiger partial charge in [-0.25, -0.2) is 0 Å². The predicted molar refractivity (Wildman–Crippen MR) is 116 cm³/mol. The van der Waals surface area contributed by atoms with Crippen molar-refractivity contribution in [2.24, 2.45) is 5.92 Å². The molecule has 26 heavy (non-hydrogen) atoms. The van der Waals surface area contributed by atoms with Gasteiger partial charge in [-0.1, -0.05) is 48.5 Å². The molecule has 0 amide bonds. The third-order valence-electron chi connectivity index (χ3n) is 6.68. The molecule has 5 heteroatoms. The van der Waals surface area contributed by atoms with Crippen LogP contribution in [0.3, 0.4) is 0 Å². The molecule has 1 aliphatic carbocycles. The highest BCUT2D eigenvalue weighted by Gasteiger charge is 2.48. The lowest BCUT2D eigenvalue weighted by Crippen LogP contribution is -2.51. The molecule has 1 rings (SSSR count). The second kappa shape index (κ2) is 7.11. The van der Waals surface area contributed by atoms with Crippen LogP contribution in [0.2, 0.25) is 36.3 Å². The van der Waals surface area contributed by atoms with Crippen LogP contribution in [0.15, 0.2) is 11.3 Å². The maximum atomic E-state index is 9.76. The smallest absolute Gasteiger partial charge is 0.250 e. The van der Waals surface area contributed by atoms with Crippen LogP contribution in [0, 0.1) is 17.2 Å². The van der Waals surface area contributed by atoms with Crippen LogP contribution >= 0.6 is 0 Å². The first-order valence-electron chi connectivity index (χ1n) is 9.88. The summed E-state index contributed by atoms with van der Waals surface area (Å²) in [5.41, 5.74) is 0.562. The molecule has 0 aromatic carbocycles. The molecule has 0 heterocycles. The van der Waals surface area contributed by atoms with Gasteiger partial charge in [-0.2, -0.15) is 5.26 Å². The van der Waals surface area contributed by atoms with E-state index in [0.717, 1.165) is 17.8 Å². The minimum atomic E-state index is -1.99. The molecule has 0 saturated carbocycles. The van der Waals surface area contributed by atoms with Crippen LogP contribution in [0.5, 0.6) is 0 Å². The zero-order chi connectivity index (χ0) is 20.8. The highest BCUT2D eigenvalue weighted by atomic mass is 28.4. The van der Waals surface area contributed by atoms with Crippen molar-refractivity contribution in [2.45, 2.75) is 110 Å². The van der Waals surface area contributed by atoms with Gasteiger partial charge in [-0.15, -0.1) is 0 Å². The third-order valence-corrected chi connectivity index (χ3v) is 15.7. The van der Waals surface area contributed by atoms with Gasteiger partial charge < -0.3 is 8.85 Å². The Balaban J connectivity index is 3.24. The SMILES string of the molecule is C[C@H]1C[C@@](C)(O[Si](C)(C)C(C)(C)C)CC(O[Si](C)(C)C(C)(C)C)=C1C#N. The van der Waals surface area contributed by atoms with Crippen LogP contribution in [-0.4, -0.2) is 22.2 Å². The van der Waals surface area contributed by atoms with Crippen molar-refractivity contribution in [3.63, 3.8) is 0 Å². The van der Waals surface area contributed by atoms with Crippen molar-refractivity contribution in [1.82, 2.24) is 0 Å². The Morgan fingerprint density at radius 2 is 1.46 bits per heavy atom. The molecule has 0 saturated heterocycles. The Morgan fingerprint density at radius 3 is 1.85 bits per heavy atom. The van der Waals surface area contributed by atoms with E-state index < -0.39 is 16.6 Å². The van der Waals surface area contributed by atoms with E-state index in [1.807, 2.05) is 0 Å². The van der Waals surface area contributed by atoms with E-state index in [0.29, 0.717) is 6.42 Å².